The van der Waals surface area contributed by atoms with Gasteiger partial charge in [0.2, 0.25) is 0 Å². The SMILES string of the molecule is CCOC(=O)CN(c1ccccc1)c1ccccc1. The molecule has 2 aromatic rings. The van der Waals surface area contributed by atoms with Gasteiger partial charge in [0, 0.05) is 11.4 Å². The van der Waals surface area contributed by atoms with Crippen LogP contribution in [0.3, 0.4) is 0 Å². The third-order valence-electron chi connectivity index (χ3n) is 2.73. The van der Waals surface area contributed by atoms with E-state index in [0.717, 1.165) is 11.4 Å². The summed E-state index contributed by atoms with van der Waals surface area (Å²) in [4.78, 5) is 13.7. The fourth-order valence-corrected chi connectivity index (χ4v) is 1.88. The van der Waals surface area contributed by atoms with E-state index in [2.05, 4.69) is 0 Å². The maximum atomic E-state index is 11.7. The summed E-state index contributed by atoms with van der Waals surface area (Å²) in [5, 5.41) is 0. The Bertz CT molecular complexity index is 471. The molecule has 0 spiro atoms. The van der Waals surface area contributed by atoms with Crippen LogP contribution in [-0.2, 0) is 9.53 Å². The number of carbonyl (C=O) groups excluding carboxylic acids is 1. The summed E-state index contributed by atoms with van der Waals surface area (Å²) in [6.07, 6.45) is 0. The van der Waals surface area contributed by atoms with Crippen LogP contribution >= 0.6 is 0 Å². The first-order chi connectivity index (χ1) is 9.31. The van der Waals surface area contributed by atoms with Crippen molar-refractivity contribution >= 4 is 17.3 Å². The number of hydrogen-bond donors (Lipinski definition) is 0. The van der Waals surface area contributed by atoms with Crippen LogP contribution in [0.2, 0.25) is 0 Å². The molecule has 0 aromatic heterocycles. The number of carbonyl (C=O) groups is 1. The Morgan fingerprint density at radius 1 is 0.947 bits per heavy atom. The third-order valence-corrected chi connectivity index (χ3v) is 2.73. The van der Waals surface area contributed by atoms with Crippen LogP contribution in [0.25, 0.3) is 0 Å². The standard InChI is InChI=1S/C16H17NO2/c1-2-19-16(18)13-17(14-9-5-3-6-10-14)15-11-7-4-8-12-15/h3-12H,2,13H2,1H3. The molecule has 0 heterocycles. The molecule has 0 bridgehead atoms. The van der Waals surface area contributed by atoms with Gasteiger partial charge in [0.15, 0.2) is 0 Å². The Kier molecular flexibility index (Phi) is 4.56. The summed E-state index contributed by atoms with van der Waals surface area (Å²) in [6, 6.07) is 19.6. The third kappa shape index (κ3) is 3.58. The monoisotopic (exact) mass is 255 g/mol. The van der Waals surface area contributed by atoms with E-state index in [1.165, 1.54) is 0 Å². The number of anilines is 2. The van der Waals surface area contributed by atoms with Crippen LogP contribution in [0, 0.1) is 0 Å². The summed E-state index contributed by atoms with van der Waals surface area (Å²) >= 11 is 0. The number of nitrogens with zero attached hydrogens (tertiary/aromatic N) is 1. The molecule has 2 rings (SSSR count). The number of benzene rings is 2. The van der Waals surface area contributed by atoms with Crippen LogP contribution in [0.1, 0.15) is 6.92 Å². The van der Waals surface area contributed by atoms with Crippen molar-refractivity contribution < 1.29 is 9.53 Å². The average Bonchev–Trinajstić information content (AvgIpc) is 2.47. The summed E-state index contributed by atoms with van der Waals surface area (Å²) < 4.78 is 5.03. The maximum absolute atomic E-state index is 11.7. The second-order valence-electron chi connectivity index (χ2n) is 4.06. The highest BCUT2D eigenvalue weighted by Crippen LogP contribution is 2.24. The lowest BCUT2D eigenvalue weighted by Crippen LogP contribution is -2.26. The predicted molar refractivity (Wildman–Crippen MR) is 76.5 cm³/mol. The molecule has 0 fully saturated rings. The molecule has 0 aliphatic carbocycles. The molecule has 0 unspecified atom stereocenters. The van der Waals surface area contributed by atoms with Crippen molar-refractivity contribution in [3.05, 3.63) is 60.7 Å². The molecule has 3 heteroatoms. The number of rotatable bonds is 5. The van der Waals surface area contributed by atoms with Crippen LogP contribution in [0.4, 0.5) is 11.4 Å². The molecule has 0 saturated carbocycles. The van der Waals surface area contributed by atoms with E-state index in [4.69, 9.17) is 4.74 Å². The van der Waals surface area contributed by atoms with Gasteiger partial charge in [-0.25, -0.2) is 0 Å². The van der Waals surface area contributed by atoms with Gasteiger partial charge in [-0.2, -0.15) is 0 Å². The van der Waals surface area contributed by atoms with E-state index in [1.54, 1.807) is 0 Å². The molecule has 0 N–H and O–H groups in total. The predicted octanol–water partition coefficient (Wildman–Crippen LogP) is 3.39. The Hall–Kier alpha value is -2.29. The highest BCUT2D eigenvalue weighted by atomic mass is 16.5. The molecule has 19 heavy (non-hydrogen) atoms. The second-order valence-corrected chi connectivity index (χ2v) is 4.06. The number of hydrogen-bond acceptors (Lipinski definition) is 3. The van der Waals surface area contributed by atoms with Gasteiger partial charge in [-0.15, -0.1) is 0 Å². The van der Waals surface area contributed by atoms with Crippen molar-refractivity contribution in [3.8, 4) is 0 Å². The van der Waals surface area contributed by atoms with Gasteiger partial charge in [0.1, 0.15) is 6.54 Å². The Morgan fingerprint density at radius 3 is 1.84 bits per heavy atom. The maximum Gasteiger partial charge on any atom is 0.325 e. The van der Waals surface area contributed by atoms with E-state index in [0.29, 0.717) is 6.61 Å². The number of esters is 1. The van der Waals surface area contributed by atoms with Gasteiger partial charge in [0.05, 0.1) is 6.61 Å². The Balaban J connectivity index is 2.26. The van der Waals surface area contributed by atoms with Crippen LogP contribution < -0.4 is 4.90 Å². The normalized spacial score (nSPS) is 9.95. The lowest BCUT2D eigenvalue weighted by molar-refractivity contribution is -0.141. The molecule has 0 radical (unpaired) electrons. The number of ether oxygens (including phenoxy) is 1. The molecule has 3 nitrogen and oxygen atoms in total. The van der Waals surface area contributed by atoms with Gasteiger partial charge in [-0.3, -0.25) is 4.79 Å². The average molecular weight is 255 g/mol. The van der Waals surface area contributed by atoms with Crippen LogP contribution in [0.15, 0.2) is 60.7 Å². The molecule has 0 aliphatic rings. The molecular weight excluding hydrogens is 238 g/mol. The fraction of sp³-hybridized carbons (Fsp3) is 0.188. The van der Waals surface area contributed by atoms with Gasteiger partial charge < -0.3 is 9.64 Å². The molecular formula is C16H17NO2. The van der Waals surface area contributed by atoms with Crippen molar-refractivity contribution in [3.63, 3.8) is 0 Å². The van der Waals surface area contributed by atoms with Crippen molar-refractivity contribution in [1.29, 1.82) is 0 Å². The first-order valence-electron chi connectivity index (χ1n) is 6.34. The van der Waals surface area contributed by atoms with Gasteiger partial charge in [-0.1, -0.05) is 36.4 Å². The second kappa shape index (κ2) is 6.59. The lowest BCUT2D eigenvalue weighted by atomic mass is 10.2. The smallest absolute Gasteiger partial charge is 0.325 e. The van der Waals surface area contributed by atoms with Crippen molar-refractivity contribution in [1.82, 2.24) is 0 Å². The quantitative estimate of drug-likeness (QED) is 0.767. The minimum Gasteiger partial charge on any atom is -0.465 e. The van der Waals surface area contributed by atoms with Crippen molar-refractivity contribution in [2.75, 3.05) is 18.1 Å². The first-order valence-corrected chi connectivity index (χ1v) is 6.34. The fourth-order valence-electron chi connectivity index (χ4n) is 1.88. The molecule has 98 valence electrons. The zero-order valence-corrected chi connectivity index (χ0v) is 11.0. The van der Waals surface area contributed by atoms with Gasteiger partial charge in [-0.05, 0) is 31.2 Å². The minimum absolute atomic E-state index is 0.210. The molecule has 0 saturated heterocycles. The summed E-state index contributed by atoms with van der Waals surface area (Å²) in [5.41, 5.74) is 1.95. The van der Waals surface area contributed by atoms with Crippen LogP contribution in [0.5, 0.6) is 0 Å². The molecule has 0 aliphatic heterocycles. The van der Waals surface area contributed by atoms with Crippen molar-refractivity contribution in [2.45, 2.75) is 6.92 Å². The zero-order valence-electron chi connectivity index (χ0n) is 11.0. The van der Waals surface area contributed by atoms with E-state index in [1.807, 2.05) is 72.5 Å². The largest absolute Gasteiger partial charge is 0.465 e. The van der Waals surface area contributed by atoms with Crippen LogP contribution in [-0.4, -0.2) is 19.1 Å². The summed E-state index contributed by atoms with van der Waals surface area (Å²) in [6.45, 7) is 2.42. The van der Waals surface area contributed by atoms with E-state index in [-0.39, 0.29) is 12.5 Å². The first kappa shape index (κ1) is 13.1. The molecule has 0 amide bonds. The highest BCUT2D eigenvalue weighted by molar-refractivity contribution is 5.80. The number of para-hydroxylation sites is 2. The molecule has 0 atom stereocenters. The van der Waals surface area contributed by atoms with Crippen molar-refractivity contribution in [2.24, 2.45) is 0 Å². The summed E-state index contributed by atoms with van der Waals surface area (Å²) in [5.74, 6) is -0.227. The Morgan fingerprint density at radius 2 is 1.42 bits per heavy atom. The summed E-state index contributed by atoms with van der Waals surface area (Å²) in [7, 11) is 0. The Labute approximate surface area is 113 Å². The zero-order chi connectivity index (χ0) is 13.5. The topological polar surface area (TPSA) is 29.5 Å². The van der Waals surface area contributed by atoms with Gasteiger partial charge >= 0.3 is 5.97 Å². The highest BCUT2D eigenvalue weighted by Gasteiger charge is 2.13. The lowest BCUT2D eigenvalue weighted by Gasteiger charge is -2.23. The van der Waals surface area contributed by atoms with Gasteiger partial charge in [0.25, 0.3) is 0 Å². The van der Waals surface area contributed by atoms with E-state index < -0.39 is 0 Å². The van der Waals surface area contributed by atoms with E-state index >= 15 is 0 Å². The minimum atomic E-state index is -0.227. The molecule has 2 aromatic carbocycles. The van der Waals surface area contributed by atoms with E-state index in [9.17, 15) is 4.79 Å².